The number of likely N-dealkylation sites (tertiary alicyclic amines) is 1. The third-order valence-corrected chi connectivity index (χ3v) is 5.74. The predicted molar refractivity (Wildman–Crippen MR) is 127 cm³/mol. The van der Waals surface area contributed by atoms with Gasteiger partial charge in [-0.25, -0.2) is 9.86 Å². The number of hydrogen-bond acceptors (Lipinski definition) is 7. The van der Waals surface area contributed by atoms with Crippen LogP contribution >= 0.6 is 0 Å². The third-order valence-electron chi connectivity index (χ3n) is 5.74. The molecule has 9 nitrogen and oxygen atoms in total. The Labute approximate surface area is 200 Å². The molecule has 3 rings (SSSR count). The van der Waals surface area contributed by atoms with Gasteiger partial charge < -0.3 is 24.2 Å². The fraction of sp³-hybridized carbons (Fsp3) is 0.520. The normalized spacial score (nSPS) is 18.9. The van der Waals surface area contributed by atoms with Gasteiger partial charge in [0.15, 0.2) is 0 Å². The number of amides is 2. The number of hydroxylamine groups is 2. The van der Waals surface area contributed by atoms with E-state index in [-0.39, 0.29) is 12.1 Å². The lowest BCUT2D eigenvalue weighted by Gasteiger charge is -2.34. The first-order valence-corrected chi connectivity index (χ1v) is 11.3. The van der Waals surface area contributed by atoms with Crippen LogP contribution in [0.1, 0.15) is 44.0 Å². The Morgan fingerprint density at radius 3 is 2.41 bits per heavy atom. The van der Waals surface area contributed by atoms with E-state index in [2.05, 4.69) is 0 Å². The van der Waals surface area contributed by atoms with Crippen molar-refractivity contribution < 1.29 is 33.7 Å². The number of aliphatic hydroxyl groups is 1. The highest BCUT2D eigenvalue weighted by molar-refractivity contribution is 6.02. The van der Waals surface area contributed by atoms with Gasteiger partial charge in [-0.1, -0.05) is 12.1 Å². The van der Waals surface area contributed by atoms with Crippen LogP contribution in [0.2, 0.25) is 0 Å². The second kappa shape index (κ2) is 10.5. The molecule has 186 valence electrons. The van der Waals surface area contributed by atoms with E-state index in [9.17, 15) is 14.7 Å². The molecule has 34 heavy (non-hydrogen) atoms. The Kier molecular flexibility index (Phi) is 7.89. The summed E-state index contributed by atoms with van der Waals surface area (Å²) < 4.78 is 16.5. The lowest BCUT2D eigenvalue weighted by Crippen LogP contribution is -2.52. The molecule has 1 N–H and O–H groups in total. The topological polar surface area (TPSA) is 97.8 Å². The maximum atomic E-state index is 13.7. The zero-order valence-electron chi connectivity index (χ0n) is 20.7. The molecule has 1 fully saturated rings. The van der Waals surface area contributed by atoms with E-state index in [1.807, 2.05) is 18.2 Å². The van der Waals surface area contributed by atoms with E-state index in [4.69, 9.17) is 19.0 Å². The molecular weight excluding hydrogens is 440 g/mol. The SMILES string of the molecule is COc1cc2c(OC)cccc2cc1C(=O)N(OC)[C@@H]1CN(C(=O)OC(C)(C)C)CCC[C@H]1O. The van der Waals surface area contributed by atoms with Gasteiger partial charge in [-0.3, -0.25) is 9.63 Å². The maximum absolute atomic E-state index is 13.7. The number of nitrogens with zero attached hydrogens (tertiary/aromatic N) is 2. The van der Waals surface area contributed by atoms with Gasteiger partial charge in [-0.2, -0.15) is 0 Å². The van der Waals surface area contributed by atoms with Crippen LogP contribution in [0, 0.1) is 0 Å². The molecule has 0 aliphatic carbocycles. The van der Waals surface area contributed by atoms with Crippen molar-refractivity contribution in [1.29, 1.82) is 0 Å². The Hall–Kier alpha value is -3.04. The maximum Gasteiger partial charge on any atom is 0.410 e. The van der Waals surface area contributed by atoms with E-state index in [0.29, 0.717) is 30.9 Å². The molecule has 0 unspecified atom stereocenters. The smallest absolute Gasteiger partial charge is 0.410 e. The summed E-state index contributed by atoms with van der Waals surface area (Å²) in [5.74, 6) is 0.515. The van der Waals surface area contributed by atoms with Gasteiger partial charge in [-0.05, 0) is 57.2 Å². The molecule has 0 aromatic heterocycles. The molecule has 2 aromatic rings. The fourth-order valence-corrected chi connectivity index (χ4v) is 4.12. The van der Waals surface area contributed by atoms with Crippen molar-refractivity contribution in [3.05, 3.63) is 35.9 Å². The first kappa shape index (κ1) is 25.6. The Morgan fingerprint density at radius 2 is 1.79 bits per heavy atom. The van der Waals surface area contributed by atoms with Crippen molar-refractivity contribution in [1.82, 2.24) is 9.96 Å². The number of aliphatic hydroxyl groups excluding tert-OH is 1. The number of hydrogen-bond donors (Lipinski definition) is 1. The van der Waals surface area contributed by atoms with Crippen LogP contribution in [-0.2, 0) is 9.57 Å². The van der Waals surface area contributed by atoms with Crippen molar-refractivity contribution in [3.8, 4) is 11.5 Å². The zero-order chi connectivity index (χ0) is 25.0. The third kappa shape index (κ3) is 5.53. The highest BCUT2D eigenvalue weighted by atomic mass is 16.7. The fourth-order valence-electron chi connectivity index (χ4n) is 4.12. The minimum Gasteiger partial charge on any atom is -0.496 e. The number of fused-ring (bicyclic) bond motifs is 1. The first-order chi connectivity index (χ1) is 16.1. The summed E-state index contributed by atoms with van der Waals surface area (Å²) in [7, 11) is 4.43. The van der Waals surface area contributed by atoms with Crippen LogP contribution in [0.25, 0.3) is 10.8 Å². The van der Waals surface area contributed by atoms with Crippen LogP contribution in [0.15, 0.2) is 30.3 Å². The second-order valence-electron chi connectivity index (χ2n) is 9.25. The molecule has 0 spiro atoms. The average Bonchev–Trinajstić information content (AvgIpc) is 2.98. The minimum absolute atomic E-state index is 0.0688. The van der Waals surface area contributed by atoms with Crippen molar-refractivity contribution in [3.63, 3.8) is 0 Å². The monoisotopic (exact) mass is 474 g/mol. The minimum atomic E-state index is -0.886. The molecule has 0 saturated carbocycles. The first-order valence-electron chi connectivity index (χ1n) is 11.3. The van der Waals surface area contributed by atoms with Gasteiger partial charge >= 0.3 is 6.09 Å². The highest BCUT2D eigenvalue weighted by Gasteiger charge is 2.38. The van der Waals surface area contributed by atoms with E-state index >= 15 is 0 Å². The second-order valence-corrected chi connectivity index (χ2v) is 9.25. The summed E-state index contributed by atoms with van der Waals surface area (Å²) in [5.41, 5.74) is -0.390. The van der Waals surface area contributed by atoms with Crippen LogP contribution in [0.4, 0.5) is 4.79 Å². The number of carbonyl (C=O) groups excluding carboxylic acids is 2. The average molecular weight is 475 g/mol. The van der Waals surface area contributed by atoms with Gasteiger partial charge in [0.2, 0.25) is 0 Å². The van der Waals surface area contributed by atoms with Crippen molar-refractivity contribution in [2.75, 3.05) is 34.4 Å². The van der Waals surface area contributed by atoms with Gasteiger partial charge in [-0.15, -0.1) is 0 Å². The van der Waals surface area contributed by atoms with Gasteiger partial charge in [0.05, 0.1) is 33.0 Å². The Morgan fingerprint density at radius 1 is 1.09 bits per heavy atom. The van der Waals surface area contributed by atoms with Gasteiger partial charge in [0.1, 0.15) is 23.1 Å². The molecular formula is C25H34N2O7. The molecule has 1 saturated heterocycles. The van der Waals surface area contributed by atoms with Crippen molar-refractivity contribution in [2.24, 2.45) is 0 Å². The predicted octanol–water partition coefficient (Wildman–Crippen LogP) is 3.62. The largest absolute Gasteiger partial charge is 0.496 e. The summed E-state index contributed by atoms with van der Waals surface area (Å²) in [4.78, 5) is 33.4. The van der Waals surface area contributed by atoms with Gasteiger partial charge in [0.25, 0.3) is 5.91 Å². The highest BCUT2D eigenvalue weighted by Crippen LogP contribution is 2.33. The van der Waals surface area contributed by atoms with Gasteiger partial charge in [0, 0.05) is 18.5 Å². The summed E-state index contributed by atoms with van der Waals surface area (Å²) in [6, 6.07) is 8.20. The molecule has 0 radical (unpaired) electrons. The summed E-state index contributed by atoms with van der Waals surface area (Å²) in [6.07, 6.45) is -0.404. The molecule has 2 amide bonds. The van der Waals surface area contributed by atoms with E-state index < -0.39 is 29.7 Å². The molecule has 2 aromatic carbocycles. The van der Waals surface area contributed by atoms with E-state index in [1.54, 1.807) is 40.0 Å². The number of ether oxygens (including phenoxy) is 3. The standard InChI is InChI=1S/C25H34N2O7/c1-25(2,3)34-24(30)26-12-8-10-20(28)19(15-26)27(33-6)23(29)18-13-16-9-7-11-21(31-4)17(16)14-22(18)32-5/h7,9,11,13-14,19-20,28H,8,10,12,15H2,1-6H3/t19-,20-/m1/s1. The van der Waals surface area contributed by atoms with E-state index in [0.717, 1.165) is 15.8 Å². The Bertz CT molecular complexity index is 1030. The molecule has 1 aliphatic heterocycles. The number of carbonyl (C=O) groups is 2. The lowest BCUT2D eigenvalue weighted by atomic mass is 10.0. The summed E-state index contributed by atoms with van der Waals surface area (Å²) in [5, 5.41) is 13.6. The molecule has 1 aliphatic rings. The van der Waals surface area contributed by atoms with Crippen LogP contribution in [0.5, 0.6) is 11.5 Å². The number of methoxy groups -OCH3 is 2. The number of rotatable bonds is 5. The summed E-state index contributed by atoms with van der Waals surface area (Å²) >= 11 is 0. The van der Waals surface area contributed by atoms with Crippen molar-refractivity contribution >= 4 is 22.8 Å². The van der Waals surface area contributed by atoms with Crippen LogP contribution in [-0.4, -0.2) is 79.2 Å². The Balaban J connectivity index is 1.96. The lowest BCUT2D eigenvalue weighted by molar-refractivity contribution is -0.149. The van der Waals surface area contributed by atoms with Crippen LogP contribution in [0.3, 0.4) is 0 Å². The number of benzene rings is 2. The van der Waals surface area contributed by atoms with Crippen LogP contribution < -0.4 is 9.47 Å². The molecule has 2 atom stereocenters. The zero-order valence-corrected chi connectivity index (χ0v) is 20.7. The van der Waals surface area contributed by atoms with Crippen molar-refractivity contribution in [2.45, 2.75) is 51.4 Å². The summed E-state index contributed by atoms with van der Waals surface area (Å²) in [6.45, 7) is 5.86. The molecule has 0 bridgehead atoms. The molecule has 1 heterocycles. The quantitative estimate of drug-likeness (QED) is 0.661. The molecule has 9 heteroatoms. The van der Waals surface area contributed by atoms with E-state index in [1.165, 1.54) is 19.1 Å².